The molecule has 1 N–H and O–H groups in total. The molecule has 2 heteroatoms. The van der Waals surface area contributed by atoms with Crippen LogP contribution < -0.4 is 4.90 Å². The summed E-state index contributed by atoms with van der Waals surface area (Å²) in [6.07, 6.45) is 4.96. The topological polar surface area (TPSA) is 23.5 Å². The summed E-state index contributed by atoms with van der Waals surface area (Å²) in [5, 5.41) is 9.53. The van der Waals surface area contributed by atoms with E-state index < -0.39 is 0 Å². The van der Waals surface area contributed by atoms with Gasteiger partial charge in [0, 0.05) is 30.8 Å². The van der Waals surface area contributed by atoms with Crippen LogP contribution >= 0.6 is 0 Å². The van der Waals surface area contributed by atoms with Crippen LogP contribution in [-0.4, -0.2) is 24.3 Å². The highest BCUT2D eigenvalue weighted by atomic mass is 16.3. The molecule has 1 saturated carbocycles. The van der Waals surface area contributed by atoms with E-state index in [1.165, 1.54) is 31.4 Å². The summed E-state index contributed by atoms with van der Waals surface area (Å²) in [5.74, 6) is 0.448. The Morgan fingerprint density at radius 3 is 2.53 bits per heavy atom. The Bertz CT molecular complexity index is 325. The maximum absolute atomic E-state index is 9.53. The summed E-state index contributed by atoms with van der Waals surface area (Å²) >= 11 is 0. The van der Waals surface area contributed by atoms with Crippen molar-refractivity contribution >= 4 is 5.69 Å². The number of nitrogens with zero attached hydrogens (tertiary/aromatic N) is 1. The van der Waals surface area contributed by atoms with Gasteiger partial charge in [-0.15, -0.1) is 0 Å². The standard InChI is InChI=1S/C15H23NO/c1-2-16(14-9-4-3-5-10-14)15-11-7-6-8-13(15)12-17/h3-5,9-10,13,15,17H,2,6-8,11-12H2,1H3/t13-,15+/m1/s1. The lowest BCUT2D eigenvalue weighted by molar-refractivity contribution is 0.166. The van der Waals surface area contributed by atoms with Crippen LogP contribution in [0, 0.1) is 5.92 Å². The summed E-state index contributed by atoms with van der Waals surface area (Å²) in [5.41, 5.74) is 1.29. The molecule has 94 valence electrons. The molecule has 0 bridgehead atoms. The molecule has 0 heterocycles. The highest BCUT2D eigenvalue weighted by molar-refractivity contribution is 5.47. The van der Waals surface area contributed by atoms with Crippen LogP contribution in [0.15, 0.2) is 30.3 Å². The number of hydrogen-bond donors (Lipinski definition) is 1. The fourth-order valence-electron chi connectivity index (χ4n) is 3.04. The number of aliphatic hydroxyl groups excluding tert-OH is 1. The van der Waals surface area contributed by atoms with Gasteiger partial charge in [-0.2, -0.15) is 0 Å². The maximum Gasteiger partial charge on any atom is 0.0478 e. The van der Waals surface area contributed by atoms with E-state index in [-0.39, 0.29) is 0 Å². The van der Waals surface area contributed by atoms with Gasteiger partial charge in [-0.1, -0.05) is 31.0 Å². The quantitative estimate of drug-likeness (QED) is 0.864. The summed E-state index contributed by atoms with van der Waals surface area (Å²) in [7, 11) is 0. The maximum atomic E-state index is 9.53. The van der Waals surface area contributed by atoms with E-state index in [1.807, 2.05) is 0 Å². The van der Waals surface area contributed by atoms with Crippen molar-refractivity contribution in [3.05, 3.63) is 30.3 Å². The zero-order chi connectivity index (χ0) is 12.1. The third kappa shape index (κ3) is 2.81. The van der Waals surface area contributed by atoms with Crippen LogP contribution in [0.25, 0.3) is 0 Å². The molecule has 0 aromatic heterocycles. The Morgan fingerprint density at radius 2 is 1.88 bits per heavy atom. The minimum Gasteiger partial charge on any atom is -0.396 e. The van der Waals surface area contributed by atoms with Crippen molar-refractivity contribution in [1.82, 2.24) is 0 Å². The average molecular weight is 233 g/mol. The van der Waals surface area contributed by atoms with Crippen LogP contribution in [0.2, 0.25) is 0 Å². The summed E-state index contributed by atoms with van der Waals surface area (Å²) in [6, 6.07) is 11.1. The van der Waals surface area contributed by atoms with Gasteiger partial charge in [0.05, 0.1) is 0 Å². The van der Waals surface area contributed by atoms with Gasteiger partial charge >= 0.3 is 0 Å². The lowest BCUT2D eigenvalue weighted by atomic mass is 9.84. The number of hydrogen-bond acceptors (Lipinski definition) is 2. The molecule has 2 nitrogen and oxygen atoms in total. The molecular weight excluding hydrogens is 210 g/mol. The van der Waals surface area contributed by atoms with Crippen molar-refractivity contribution in [2.75, 3.05) is 18.1 Å². The van der Waals surface area contributed by atoms with Crippen LogP contribution in [0.3, 0.4) is 0 Å². The summed E-state index contributed by atoms with van der Waals surface area (Å²) in [6.45, 7) is 3.55. The summed E-state index contributed by atoms with van der Waals surface area (Å²) < 4.78 is 0. The Kier molecular flexibility index (Phi) is 4.43. The largest absolute Gasteiger partial charge is 0.396 e. The molecule has 1 aliphatic carbocycles. The lowest BCUT2D eigenvalue weighted by Crippen LogP contribution is -2.44. The van der Waals surface area contributed by atoms with Crippen molar-refractivity contribution in [1.29, 1.82) is 0 Å². The van der Waals surface area contributed by atoms with Crippen LogP contribution in [-0.2, 0) is 0 Å². The van der Waals surface area contributed by atoms with Gasteiger partial charge in [0.1, 0.15) is 0 Å². The predicted octanol–water partition coefficient (Wildman–Crippen LogP) is 3.06. The van der Waals surface area contributed by atoms with Crippen molar-refractivity contribution in [2.45, 2.75) is 38.6 Å². The fourth-order valence-corrected chi connectivity index (χ4v) is 3.04. The average Bonchev–Trinajstić information content (AvgIpc) is 2.41. The van der Waals surface area contributed by atoms with Crippen molar-refractivity contribution in [3.8, 4) is 0 Å². The first kappa shape index (κ1) is 12.4. The van der Waals surface area contributed by atoms with Crippen molar-refractivity contribution in [2.24, 2.45) is 5.92 Å². The highest BCUT2D eigenvalue weighted by Gasteiger charge is 2.28. The molecule has 0 unspecified atom stereocenters. The fraction of sp³-hybridized carbons (Fsp3) is 0.600. The van der Waals surface area contributed by atoms with E-state index in [9.17, 15) is 5.11 Å². The van der Waals surface area contributed by atoms with Gasteiger partial charge in [-0.05, 0) is 31.9 Å². The SMILES string of the molecule is CCN(c1ccccc1)[C@H]1CCCC[C@@H]1CO. The number of para-hydroxylation sites is 1. The van der Waals surface area contributed by atoms with E-state index >= 15 is 0 Å². The Labute approximate surface area is 104 Å². The van der Waals surface area contributed by atoms with E-state index in [0.717, 1.165) is 6.54 Å². The third-order valence-corrected chi connectivity index (χ3v) is 3.93. The highest BCUT2D eigenvalue weighted by Crippen LogP contribution is 2.31. The Morgan fingerprint density at radius 1 is 1.18 bits per heavy atom. The second-order valence-electron chi connectivity index (χ2n) is 4.92. The molecule has 1 aromatic rings. The Hall–Kier alpha value is -1.02. The minimum atomic E-state index is 0.327. The molecule has 17 heavy (non-hydrogen) atoms. The summed E-state index contributed by atoms with van der Waals surface area (Å²) in [4.78, 5) is 2.46. The van der Waals surface area contributed by atoms with Gasteiger partial charge in [-0.3, -0.25) is 0 Å². The van der Waals surface area contributed by atoms with E-state index in [0.29, 0.717) is 18.6 Å². The van der Waals surface area contributed by atoms with Crippen molar-refractivity contribution in [3.63, 3.8) is 0 Å². The molecule has 0 saturated heterocycles. The number of anilines is 1. The second kappa shape index (κ2) is 6.06. The monoisotopic (exact) mass is 233 g/mol. The number of benzene rings is 1. The molecule has 1 aliphatic rings. The molecule has 1 aromatic carbocycles. The smallest absolute Gasteiger partial charge is 0.0478 e. The molecule has 2 atom stereocenters. The molecular formula is C15H23NO. The normalized spacial score (nSPS) is 24.6. The van der Waals surface area contributed by atoms with E-state index in [4.69, 9.17) is 0 Å². The second-order valence-corrected chi connectivity index (χ2v) is 4.92. The number of rotatable bonds is 4. The van der Waals surface area contributed by atoms with Gasteiger partial charge in [0.25, 0.3) is 0 Å². The zero-order valence-electron chi connectivity index (χ0n) is 10.7. The van der Waals surface area contributed by atoms with Gasteiger partial charge < -0.3 is 10.0 Å². The lowest BCUT2D eigenvalue weighted by Gasteiger charge is -2.40. The molecule has 0 aliphatic heterocycles. The van der Waals surface area contributed by atoms with Gasteiger partial charge in [0.2, 0.25) is 0 Å². The molecule has 1 fully saturated rings. The predicted molar refractivity (Wildman–Crippen MR) is 72.3 cm³/mol. The van der Waals surface area contributed by atoms with Crippen molar-refractivity contribution < 1.29 is 5.11 Å². The van der Waals surface area contributed by atoms with E-state index in [2.05, 4.69) is 42.2 Å². The molecule has 0 amide bonds. The minimum absolute atomic E-state index is 0.327. The van der Waals surface area contributed by atoms with Gasteiger partial charge in [-0.25, -0.2) is 0 Å². The van der Waals surface area contributed by atoms with Crippen LogP contribution in [0.1, 0.15) is 32.6 Å². The first-order valence-corrected chi connectivity index (χ1v) is 6.79. The zero-order valence-corrected chi connectivity index (χ0v) is 10.7. The first-order chi connectivity index (χ1) is 8.36. The van der Waals surface area contributed by atoms with Crippen LogP contribution in [0.4, 0.5) is 5.69 Å². The molecule has 2 rings (SSSR count). The van der Waals surface area contributed by atoms with E-state index in [1.54, 1.807) is 0 Å². The van der Waals surface area contributed by atoms with Gasteiger partial charge in [0.15, 0.2) is 0 Å². The first-order valence-electron chi connectivity index (χ1n) is 6.79. The number of aliphatic hydroxyl groups is 1. The Balaban J connectivity index is 2.16. The molecule has 0 spiro atoms. The van der Waals surface area contributed by atoms with Crippen LogP contribution in [0.5, 0.6) is 0 Å². The third-order valence-electron chi connectivity index (χ3n) is 3.93. The molecule has 0 radical (unpaired) electrons.